The predicted molar refractivity (Wildman–Crippen MR) is 122 cm³/mol. The summed E-state index contributed by atoms with van der Waals surface area (Å²) in [7, 11) is 0. The van der Waals surface area contributed by atoms with Crippen LogP contribution in [0.1, 0.15) is 26.5 Å². The van der Waals surface area contributed by atoms with E-state index in [0.29, 0.717) is 28.3 Å². The summed E-state index contributed by atoms with van der Waals surface area (Å²) in [6.07, 6.45) is 0. The van der Waals surface area contributed by atoms with Gasteiger partial charge in [0.1, 0.15) is 0 Å². The van der Waals surface area contributed by atoms with E-state index in [0.717, 1.165) is 0 Å². The molecule has 0 unspecified atom stereocenters. The van der Waals surface area contributed by atoms with Crippen LogP contribution in [-0.4, -0.2) is 31.7 Å². The molecule has 10 heteroatoms. The number of nitro groups is 1. The number of amides is 2. The summed E-state index contributed by atoms with van der Waals surface area (Å²) in [6, 6.07) is 21.4. The van der Waals surface area contributed by atoms with Crippen molar-refractivity contribution in [2.75, 3.05) is 10.6 Å². The zero-order valence-corrected chi connectivity index (χ0v) is 17.4. The van der Waals surface area contributed by atoms with Crippen LogP contribution in [0.25, 0.3) is 5.69 Å². The van der Waals surface area contributed by atoms with Gasteiger partial charge in [-0.1, -0.05) is 35.5 Å². The summed E-state index contributed by atoms with van der Waals surface area (Å²) in [4.78, 5) is 35.7. The van der Waals surface area contributed by atoms with E-state index in [1.807, 2.05) is 6.07 Å². The summed E-state index contributed by atoms with van der Waals surface area (Å²) in [6.45, 7) is 1.64. The minimum absolute atomic E-state index is 0.0697. The van der Waals surface area contributed by atoms with Gasteiger partial charge in [0.05, 0.1) is 16.3 Å². The maximum atomic E-state index is 12.8. The molecule has 3 aromatic carbocycles. The van der Waals surface area contributed by atoms with Crippen molar-refractivity contribution in [2.24, 2.45) is 0 Å². The van der Waals surface area contributed by atoms with Gasteiger partial charge in [-0.3, -0.25) is 19.7 Å². The Morgan fingerprint density at radius 3 is 2.24 bits per heavy atom. The highest BCUT2D eigenvalue weighted by molar-refractivity contribution is 6.06. The molecule has 164 valence electrons. The second-order valence-corrected chi connectivity index (χ2v) is 7.07. The molecule has 2 amide bonds. The molecule has 0 aliphatic rings. The van der Waals surface area contributed by atoms with Crippen molar-refractivity contribution in [1.29, 1.82) is 0 Å². The summed E-state index contributed by atoms with van der Waals surface area (Å²) in [5.74, 6) is -0.773. The van der Waals surface area contributed by atoms with Crippen LogP contribution < -0.4 is 10.6 Å². The zero-order valence-electron chi connectivity index (χ0n) is 17.4. The number of carbonyl (C=O) groups excluding carboxylic acids is 2. The number of carbonyl (C=O) groups is 2. The SMILES string of the molecule is Cc1c(C(=O)Nc2cccc(NC(=O)c3ccccc3)c2)nnn1-c1cccc([N+](=O)[O-])c1. The molecule has 0 saturated heterocycles. The van der Waals surface area contributed by atoms with Crippen LogP contribution in [0, 0.1) is 17.0 Å². The maximum Gasteiger partial charge on any atom is 0.278 e. The Bertz CT molecular complexity index is 1350. The summed E-state index contributed by atoms with van der Waals surface area (Å²) >= 11 is 0. The van der Waals surface area contributed by atoms with Gasteiger partial charge in [0.15, 0.2) is 5.69 Å². The van der Waals surface area contributed by atoms with E-state index in [9.17, 15) is 19.7 Å². The summed E-state index contributed by atoms with van der Waals surface area (Å²) < 4.78 is 1.36. The lowest BCUT2D eigenvalue weighted by Crippen LogP contribution is -2.15. The number of hydrogen-bond donors (Lipinski definition) is 2. The van der Waals surface area contributed by atoms with Crippen LogP contribution in [0.2, 0.25) is 0 Å². The van der Waals surface area contributed by atoms with Crippen LogP contribution in [0.5, 0.6) is 0 Å². The van der Waals surface area contributed by atoms with Gasteiger partial charge >= 0.3 is 0 Å². The fraction of sp³-hybridized carbons (Fsp3) is 0.0435. The number of benzene rings is 3. The van der Waals surface area contributed by atoms with E-state index < -0.39 is 10.8 Å². The fourth-order valence-electron chi connectivity index (χ4n) is 3.18. The van der Waals surface area contributed by atoms with Gasteiger partial charge < -0.3 is 10.6 Å². The lowest BCUT2D eigenvalue weighted by molar-refractivity contribution is -0.384. The molecule has 0 radical (unpaired) electrons. The third-order valence-electron chi connectivity index (χ3n) is 4.81. The quantitative estimate of drug-likeness (QED) is 0.343. The van der Waals surface area contributed by atoms with Gasteiger partial charge in [0.25, 0.3) is 17.5 Å². The van der Waals surface area contributed by atoms with Gasteiger partial charge in [0.2, 0.25) is 0 Å². The number of nitro benzene ring substituents is 1. The molecule has 0 saturated carbocycles. The van der Waals surface area contributed by atoms with Crippen molar-refractivity contribution < 1.29 is 14.5 Å². The Morgan fingerprint density at radius 1 is 0.879 bits per heavy atom. The Labute approximate surface area is 188 Å². The van der Waals surface area contributed by atoms with E-state index in [2.05, 4.69) is 20.9 Å². The molecule has 0 atom stereocenters. The van der Waals surface area contributed by atoms with Crippen molar-refractivity contribution in [1.82, 2.24) is 15.0 Å². The lowest BCUT2D eigenvalue weighted by Gasteiger charge is -2.09. The first-order valence-corrected chi connectivity index (χ1v) is 9.87. The van der Waals surface area contributed by atoms with E-state index in [1.54, 1.807) is 61.5 Å². The van der Waals surface area contributed by atoms with Crippen molar-refractivity contribution in [3.63, 3.8) is 0 Å². The molecule has 0 fully saturated rings. The first kappa shape index (κ1) is 21.4. The second kappa shape index (κ2) is 9.10. The van der Waals surface area contributed by atoms with E-state index in [-0.39, 0.29) is 17.3 Å². The van der Waals surface area contributed by atoms with Gasteiger partial charge in [-0.25, -0.2) is 4.68 Å². The molecule has 4 rings (SSSR count). The number of rotatable bonds is 6. The number of anilines is 2. The minimum atomic E-state index is -0.507. The number of hydrogen-bond acceptors (Lipinski definition) is 6. The van der Waals surface area contributed by atoms with Crippen molar-refractivity contribution in [2.45, 2.75) is 6.92 Å². The topological polar surface area (TPSA) is 132 Å². The summed E-state index contributed by atoms with van der Waals surface area (Å²) in [5.41, 5.74) is 2.29. The summed E-state index contributed by atoms with van der Waals surface area (Å²) in [5, 5.41) is 24.4. The van der Waals surface area contributed by atoms with Crippen LogP contribution in [0.3, 0.4) is 0 Å². The average Bonchev–Trinajstić information content (AvgIpc) is 3.21. The smallest absolute Gasteiger partial charge is 0.278 e. The molecule has 0 aliphatic heterocycles. The van der Waals surface area contributed by atoms with E-state index >= 15 is 0 Å². The fourth-order valence-corrected chi connectivity index (χ4v) is 3.18. The average molecular weight is 442 g/mol. The van der Waals surface area contributed by atoms with Crippen LogP contribution >= 0.6 is 0 Å². The van der Waals surface area contributed by atoms with Crippen molar-refractivity contribution >= 4 is 28.9 Å². The van der Waals surface area contributed by atoms with Gasteiger partial charge in [-0.15, -0.1) is 5.10 Å². The number of non-ortho nitro benzene ring substituents is 1. The first-order valence-electron chi connectivity index (χ1n) is 9.87. The van der Waals surface area contributed by atoms with Crippen LogP contribution in [0.4, 0.5) is 17.1 Å². The third-order valence-corrected chi connectivity index (χ3v) is 4.81. The Balaban J connectivity index is 1.50. The van der Waals surface area contributed by atoms with Gasteiger partial charge in [0, 0.05) is 29.1 Å². The largest absolute Gasteiger partial charge is 0.322 e. The molecule has 33 heavy (non-hydrogen) atoms. The maximum absolute atomic E-state index is 12.8. The lowest BCUT2D eigenvalue weighted by atomic mass is 10.2. The van der Waals surface area contributed by atoms with Gasteiger partial charge in [-0.05, 0) is 43.3 Å². The third kappa shape index (κ3) is 4.74. The van der Waals surface area contributed by atoms with E-state index in [1.165, 1.54) is 22.9 Å². The van der Waals surface area contributed by atoms with Crippen molar-refractivity contribution in [3.05, 3.63) is 106 Å². The van der Waals surface area contributed by atoms with E-state index in [4.69, 9.17) is 0 Å². The molecule has 1 aromatic heterocycles. The standard InChI is InChI=1S/C23H18N6O4/c1-15-21(26-27-28(15)19-11-6-12-20(14-19)29(32)33)23(31)25-18-10-5-9-17(13-18)24-22(30)16-7-3-2-4-8-16/h2-14H,1H3,(H,24,30)(H,25,31). The highest BCUT2D eigenvalue weighted by Gasteiger charge is 2.19. The first-order chi connectivity index (χ1) is 15.9. The van der Waals surface area contributed by atoms with Gasteiger partial charge in [-0.2, -0.15) is 0 Å². The molecule has 4 aromatic rings. The Morgan fingerprint density at radius 2 is 1.55 bits per heavy atom. The molecular weight excluding hydrogens is 424 g/mol. The normalized spacial score (nSPS) is 10.5. The molecule has 1 heterocycles. The second-order valence-electron chi connectivity index (χ2n) is 7.07. The van der Waals surface area contributed by atoms with Crippen LogP contribution in [0.15, 0.2) is 78.9 Å². The number of nitrogens with one attached hydrogen (secondary N) is 2. The number of aromatic nitrogens is 3. The molecular formula is C23H18N6O4. The highest BCUT2D eigenvalue weighted by atomic mass is 16.6. The molecule has 10 nitrogen and oxygen atoms in total. The molecule has 0 bridgehead atoms. The van der Waals surface area contributed by atoms with Crippen LogP contribution in [-0.2, 0) is 0 Å². The molecule has 0 spiro atoms. The minimum Gasteiger partial charge on any atom is -0.322 e. The van der Waals surface area contributed by atoms with Crippen molar-refractivity contribution in [3.8, 4) is 5.69 Å². The predicted octanol–water partition coefficient (Wildman–Crippen LogP) is 3.99. The molecule has 0 aliphatic carbocycles. The highest BCUT2D eigenvalue weighted by Crippen LogP contribution is 2.20. The molecule has 2 N–H and O–H groups in total. The zero-order chi connectivity index (χ0) is 23.4. The Hall–Kier alpha value is -4.86. The monoisotopic (exact) mass is 442 g/mol. The Kier molecular flexibility index (Phi) is 5.90. The number of nitrogens with zero attached hydrogens (tertiary/aromatic N) is 4.